The van der Waals surface area contributed by atoms with E-state index in [9.17, 15) is 14.4 Å². The summed E-state index contributed by atoms with van der Waals surface area (Å²) in [5.41, 5.74) is 7.08. The average molecular weight is 436 g/mol. The van der Waals surface area contributed by atoms with E-state index < -0.39 is 5.91 Å². The molecule has 158 valence electrons. The second-order valence-electron chi connectivity index (χ2n) is 6.46. The smallest absolute Gasteiger partial charge is 0.255 e. The quantitative estimate of drug-likeness (QED) is 0.467. The Labute approximate surface area is 184 Å². The number of hydrogen-bond acceptors (Lipinski definition) is 5. The summed E-state index contributed by atoms with van der Waals surface area (Å²) < 4.78 is 5.09. The second kappa shape index (κ2) is 10.3. The molecule has 0 aliphatic heterocycles. The Balaban J connectivity index is 1.58. The standard InChI is InChI=1S/C23H21N3O4S/c1-30-17-11-9-15(10-12-17)23(29)25-16-5-4-6-18(13-16)31-14-21(27)26-20-8-3-2-7-19(20)22(24)28/h2-13H,14H2,1H3,(H2,24,28)(H,25,29)(H,26,27). The number of anilines is 2. The van der Waals surface area contributed by atoms with E-state index in [1.807, 2.05) is 6.07 Å². The van der Waals surface area contributed by atoms with Crippen LogP contribution in [0.4, 0.5) is 11.4 Å². The third kappa shape index (κ3) is 6.10. The molecule has 0 saturated heterocycles. The summed E-state index contributed by atoms with van der Waals surface area (Å²) in [6.07, 6.45) is 0. The molecule has 0 aliphatic carbocycles. The molecule has 8 heteroatoms. The highest BCUT2D eigenvalue weighted by Crippen LogP contribution is 2.23. The van der Waals surface area contributed by atoms with E-state index >= 15 is 0 Å². The first-order chi connectivity index (χ1) is 15.0. The lowest BCUT2D eigenvalue weighted by Gasteiger charge is -2.10. The molecule has 3 amide bonds. The summed E-state index contributed by atoms with van der Waals surface area (Å²) >= 11 is 1.31. The maximum atomic E-state index is 12.4. The molecular weight excluding hydrogens is 414 g/mol. The van der Waals surface area contributed by atoms with E-state index in [1.165, 1.54) is 11.8 Å². The van der Waals surface area contributed by atoms with Crippen LogP contribution in [0, 0.1) is 0 Å². The Kier molecular flexibility index (Phi) is 7.29. The van der Waals surface area contributed by atoms with Crippen LogP contribution in [0.15, 0.2) is 77.7 Å². The number of para-hydroxylation sites is 1. The third-order valence-corrected chi connectivity index (χ3v) is 5.27. The molecule has 0 saturated carbocycles. The van der Waals surface area contributed by atoms with E-state index in [1.54, 1.807) is 73.8 Å². The van der Waals surface area contributed by atoms with Crippen LogP contribution >= 0.6 is 11.8 Å². The number of ether oxygens (including phenoxy) is 1. The number of carbonyl (C=O) groups is 3. The van der Waals surface area contributed by atoms with Crippen LogP contribution < -0.4 is 21.1 Å². The van der Waals surface area contributed by atoms with E-state index in [0.29, 0.717) is 22.7 Å². The normalized spacial score (nSPS) is 10.2. The molecule has 0 atom stereocenters. The summed E-state index contributed by atoms with van der Waals surface area (Å²) in [5.74, 6) is -0.323. The Morgan fingerprint density at radius 2 is 1.68 bits per heavy atom. The fraction of sp³-hybridized carbons (Fsp3) is 0.0870. The van der Waals surface area contributed by atoms with E-state index in [2.05, 4.69) is 10.6 Å². The van der Waals surface area contributed by atoms with Gasteiger partial charge in [0.1, 0.15) is 5.75 Å². The minimum atomic E-state index is -0.608. The number of primary amides is 1. The topological polar surface area (TPSA) is 111 Å². The monoisotopic (exact) mass is 435 g/mol. The van der Waals surface area contributed by atoms with E-state index in [-0.39, 0.29) is 23.1 Å². The number of amides is 3. The molecule has 0 aromatic heterocycles. The lowest BCUT2D eigenvalue weighted by molar-refractivity contribution is -0.113. The minimum Gasteiger partial charge on any atom is -0.497 e. The number of hydrogen-bond donors (Lipinski definition) is 3. The van der Waals surface area contributed by atoms with Gasteiger partial charge in [0.05, 0.1) is 24.1 Å². The molecule has 0 unspecified atom stereocenters. The molecule has 3 aromatic rings. The molecule has 0 spiro atoms. The van der Waals surface area contributed by atoms with Crippen molar-refractivity contribution < 1.29 is 19.1 Å². The molecule has 4 N–H and O–H groups in total. The van der Waals surface area contributed by atoms with Crippen LogP contribution in [-0.2, 0) is 4.79 Å². The maximum Gasteiger partial charge on any atom is 0.255 e. The van der Waals surface area contributed by atoms with Gasteiger partial charge in [0.15, 0.2) is 0 Å². The lowest BCUT2D eigenvalue weighted by atomic mass is 10.1. The molecule has 3 aromatic carbocycles. The molecule has 0 bridgehead atoms. The predicted molar refractivity (Wildman–Crippen MR) is 122 cm³/mol. The Hall–Kier alpha value is -3.78. The number of methoxy groups -OCH3 is 1. The zero-order valence-electron chi connectivity index (χ0n) is 16.8. The molecule has 0 radical (unpaired) electrons. The van der Waals surface area contributed by atoms with Gasteiger partial charge in [0, 0.05) is 16.1 Å². The number of nitrogens with one attached hydrogen (secondary N) is 2. The molecule has 0 heterocycles. The zero-order chi connectivity index (χ0) is 22.2. The van der Waals surface area contributed by atoms with Crippen molar-refractivity contribution in [3.05, 3.63) is 83.9 Å². The van der Waals surface area contributed by atoms with Crippen molar-refractivity contribution in [2.24, 2.45) is 5.73 Å². The summed E-state index contributed by atoms with van der Waals surface area (Å²) in [6, 6.07) is 20.6. The number of nitrogens with two attached hydrogens (primary N) is 1. The third-order valence-electron chi connectivity index (χ3n) is 4.28. The first-order valence-electron chi connectivity index (χ1n) is 9.33. The van der Waals surface area contributed by atoms with Crippen LogP contribution in [-0.4, -0.2) is 30.6 Å². The van der Waals surface area contributed by atoms with Gasteiger partial charge < -0.3 is 21.1 Å². The van der Waals surface area contributed by atoms with Gasteiger partial charge in [0.2, 0.25) is 5.91 Å². The predicted octanol–water partition coefficient (Wildman–Crippen LogP) is 3.78. The molecule has 0 aliphatic rings. The van der Waals surface area contributed by atoms with Crippen molar-refractivity contribution in [3.63, 3.8) is 0 Å². The summed E-state index contributed by atoms with van der Waals surface area (Å²) in [6.45, 7) is 0. The van der Waals surface area contributed by atoms with Crippen LogP contribution in [0.1, 0.15) is 20.7 Å². The van der Waals surface area contributed by atoms with Gasteiger partial charge in [-0.1, -0.05) is 18.2 Å². The fourth-order valence-corrected chi connectivity index (χ4v) is 3.51. The first-order valence-corrected chi connectivity index (χ1v) is 10.3. The highest BCUT2D eigenvalue weighted by molar-refractivity contribution is 8.00. The van der Waals surface area contributed by atoms with Crippen LogP contribution in [0.2, 0.25) is 0 Å². The van der Waals surface area contributed by atoms with Gasteiger partial charge >= 0.3 is 0 Å². The summed E-state index contributed by atoms with van der Waals surface area (Å²) in [5, 5.41) is 5.54. The van der Waals surface area contributed by atoms with E-state index in [4.69, 9.17) is 10.5 Å². The second-order valence-corrected chi connectivity index (χ2v) is 7.51. The lowest BCUT2D eigenvalue weighted by Crippen LogP contribution is -2.19. The number of carbonyl (C=O) groups excluding carboxylic acids is 3. The van der Waals surface area contributed by atoms with Crippen molar-refractivity contribution >= 4 is 40.9 Å². The highest BCUT2D eigenvalue weighted by atomic mass is 32.2. The summed E-state index contributed by atoms with van der Waals surface area (Å²) in [4.78, 5) is 37.0. The SMILES string of the molecule is COc1ccc(C(=O)Nc2cccc(SCC(=O)Nc3ccccc3C(N)=O)c2)cc1. The fourth-order valence-electron chi connectivity index (χ4n) is 2.75. The number of benzene rings is 3. The van der Waals surface area contributed by atoms with Gasteiger partial charge in [-0.3, -0.25) is 14.4 Å². The average Bonchev–Trinajstić information content (AvgIpc) is 2.78. The van der Waals surface area contributed by atoms with E-state index in [0.717, 1.165) is 4.90 Å². The summed E-state index contributed by atoms with van der Waals surface area (Å²) in [7, 11) is 1.56. The van der Waals surface area contributed by atoms with Crippen molar-refractivity contribution in [1.82, 2.24) is 0 Å². The molecular formula is C23H21N3O4S. The first kappa shape index (κ1) is 21.9. The van der Waals surface area contributed by atoms with Gasteiger partial charge in [-0.05, 0) is 54.6 Å². The van der Waals surface area contributed by atoms with Crippen LogP contribution in [0.25, 0.3) is 0 Å². The minimum absolute atomic E-state index is 0.128. The Bertz CT molecular complexity index is 1100. The largest absolute Gasteiger partial charge is 0.497 e. The van der Waals surface area contributed by atoms with Crippen molar-refractivity contribution in [2.75, 3.05) is 23.5 Å². The van der Waals surface area contributed by atoms with Crippen LogP contribution in [0.5, 0.6) is 5.75 Å². The Morgan fingerprint density at radius 3 is 2.39 bits per heavy atom. The maximum absolute atomic E-state index is 12.4. The van der Waals surface area contributed by atoms with Gasteiger partial charge in [-0.25, -0.2) is 0 Å². The number of rotatable bonds is 8. The van der Waals surface area contributed by atoms with Crippen LogP contribution in [0.3, 0.4) is 0 Å². The molecule has 31 heavy (non-hydrogen) atoms. The molecule has 3 rings (SSSR count). The van der Waals surface area contributed by atoms with Gasteiger partial charge in [0.25, 0.3) is 11.8 Å². The number of thioether (sulfide) groups is 1. The van der Waals surface area contributed by atoms with Crippen molar-refractivity contribution in [2.45, 2.75) is 4.90 Å². The van der Waals surface area contributed by atoms with Crippen molar-refractivity contribution in [1.29, 1.82) is 0 Å². The Morgan fingerprint density at radius 1 is 0.935 bits per heavy atom. The zero-order valence-corrected chi connectivity index (χ0v) is 17.6. The molecule has 0 fully saturated rings. The van der Waals surface area contributed by atoms with Gasteiger partial charge in [-0.2, -0.15) is 0 Å². The highest BCUT2D eigenvalue weighted by Gasteiger charge is 2.11. The molecule has 7 nitrogen and oxygen atoms in total. The van der Waals surface area contributed by atoms with Gasteiger partial charge in [-0.15, -0.1) is 11.8 Å². The van der Waals surface area contributed by atoms with Crippen molar-refractivity contribution in [3.8, 4) is 5.75 Å².